The topological polar surface area (TPSA) is 9.23 Å². The fourth-order valence-corrected chi connectivity index (χ4v) is 1.79. The first kappa shape index (κ1) is 11.7. The van der Waals surface area contributed by atoms with E-state index >= 15 is 0 Å². The number of benzene rings is 2. The average Bonchev–Trinajstić information content (AvgIpc) is 2.32. The van der Waals surface area contributed by atoms with E-state index in [1.807, 2.05) is 0 Å². The Kier molecular flexibility index (Phi) is 3.48. The van der Waals surface area contributed by atoms with Gasteiger partial charge in [0.15, 0.2) is 0 Å². The second kappa shape index (κ2) is 5.05. The van der Waals surface area contributed by atoms with E-state index in [4.69, 9.17) is 4.74 Å². The normalized spacial score (nSPS) is 10.3. The van der Waals surface area contributed by atoms with Crippen molar-refractivity contribution >= 4 is 0 Å². The van der Waals surface area contributed by atoms with Crippen LogP contribution in [-0.2, 0) is 6.61 Å². The Balaban J connectivity index is 2.12. The lowest BCUT2D eigenvalue weighted by Crippen LogP contribution is -1.99. The standard InChI is InChI=1S/C16H18O/c1-12-8-9-14(3)16(10-12)17-11-15-7-5-4-6-13(15)2/h4-10H,11H2,1-3H3. The molecule has 0 aliphatic carbocycles. The van der Waals surface area contributed by atoms with Crippen LogP contribution in [0.25, 0.3) is 0 Å². The molecule has 0 aliphatic rings. The predicted molar refractivity (Wildman–Crippen MR) is 71.4 cm³/mol. The van der Waals surface area contributed by atoms with E-state index in [1.54, 1.807) is 0 Å². The van der Waals surface area contributed by atoms with Crippen LogP contribution in [0, 0.1) is 20.8 Å². The molecule has 0 spiro atoms. The van der Waals surface area contributed by atoms with Gasteiger partial charge >= 0.3 is 0 Å². The highest BCUT2D eigenvalue weighted by molar-refractivity contribution is 5.36. The second-order valence-corrected chi connectivity index (χ2v) is 4.48. The number of ether oxygens (including phenoxy) is 1. The molecule has 2 aromatic rings. The van der Waals surface area contributed by atoms with E-state index in [1.165, 1.54) is 22.3 Å². The third kappa shape index (κ3) is 2.88. The molecule has 2 aromatic carbocycles. The van der Waals surface area contributed by atoms with Crippen LogP contribution in [0.3, 0.4) is 0 Å². The van der Waals surface area contributed by atoms with Crippen LogP contribution in [0.2, 0.25) is 0 Å². The second-order valence-electron chi connectivity index (χ2n) is 4.48. The summed E-state index contributed by atoms with van der Waals surface area (Å²) >= 11 is 0. The molecule has 2 rings (SSSR count). The van der Waals surface area contributed by atoms with E-state index in [0.29, 0.717) is 6.61 Å². The Bertz CT molecular complexity index is 515. The first-order valence-electron chi connectivity index (χ1n) is 5.91. The number of hydrogen-bond donors (Lipinski definition) is 0. The highest BCUT2D eigenvalue weighted by atomic mass is 16.5. The molecule has 1 heteroatoms. The smallest absolute Gasteiger partial charge is 0.122 e. The molecule has 0 heterocycles. The molecule has 0 unspecified atom stereocenters. The third-order valence-corrected chi connectivity index (χ3v) is 2.99. The number of hydrogen-bond acceptors (Lipinski definition) is 1. The van der Waals surface area contributed by atoms with Crippen LogP contribution in [0.5, 0.6) is 5.75 Å². The molecule has 0 saturated heterocycles. The minimum absolute atomic E-state index is 0.636. The van der Waals surface area contributed by atoms with Gasteiger partial charge in [-0.05, 0) is 49.1 Å². The van der Waals surface area contributed by atoms with E-state index in [2.05, 4.69) is 63.2 Å². The van der Waals surface area contributed by atoms with Crippen molar-refractivity contribution in [3.63, 3.8) is 0 Å². The summed E-state index contributed by atoms with van der Waals surface area (Å²) in [7, 11) is 0. The van der Waals surface area contributed by atoms with Crippen molar-refractivity contribution in [1.82, 2.24) is 0 Å². The van der Waals surface area contributed by atoms with Crippen molar-refractivity contribution in [3.05, 3.63) is 64.7 Å². The Hall–Kier alpha value is -1.76. The highest BCUT2D eigenvalue weighted by Crippen LogP contribution is 2.21. The van der Waals surface area contributed by atoms with Crippen LogP contribution < -0.4 is 4.74 Å². The monoisotopic (exact) mass is 226 g/mol. The predicted octanol–water partition coefficient (Wildman–Crippen LogP) is 4.19. The Morgan fingerprint density at radius 3 is 2.41 bits per heavy atom. The fourth-order valence-electron chi connectivity index (χ4n) is 1.79. The Morgan fingerprint density at radius 2 is 1.65 bits per heavy atom. The van der Waals surface area contributed by atoms with E-state index < -0.39 is 0 Å². The van der Waals surface area contributed by atoms with Gasteiger partial charge in [0.05, 0.1) is 0 Å². The van der Waals surface area contributed by atoms with E-state index in [9.17, 15) is 0 Å². The molecule has 0 radical (unpaired) electrons. The van der Waals surface area contributed by atoms with Gasteiger partial charge in [-0.25, -0.2) is 0 Å². The molecular weight excluding hydrogens is 208 g/mol. The van der Waals surface area contributed by atoms with Gasteiger partial charge in [0.2, 0.25) is 0 Å². The van der Waals surface area contributed by atoms with Crippen molar-refractivity contribution < 1.29 is 4.74 Å². The average molecular weight is 226 g/mol. The summed E-state index contributed by atoms with van der Waals surface area (Å²) in [6.07, 6.45) is 0. The zero-order valence-electron chi connectivity index (χ0n) is 10.7. The SMILES string of the molecule is Cc1ccc(C)c(OCc2ccccc2C)c1. The molecule has 0 fully saturated rings. The molecule has 0 atom stereocenters. The largest absolute Gasteiger partial charge is 0.489 e. The molecule has 0 saturated carbocycles. The minimum atomic E-state index is 0.636. The summed E-state index contributed by atoms with van der Waals surface area (Å²) in [5.41, 5.74) is 4.94. The van der Waals surface area contributed by atoms with Crippen molar-refractivity contribution in [3.8, 4) is 5.75 Å². The van der Waals surface area contributed by atoms with Crippen molar-refractivity contribution in [2.75, 3.05) is 0 Å². The third-order valence-electron chi connectivity index (χ3n) is 2.99. The molecule has 0 amide bonds. The summed E-state index contributed by atoms with van der Waals surface area (Å²) in [4.78, 5) is 0. The Morgan fingerprint density at radius 1 is 0.882 bits per heavy atom. The van der Waals surface area contributed by atoms with Crippen molar-refractivity contribution in [1.29, 1.82) is 0 Å². The summed E-state index contributed by atoms with van der Waals surface area (Å²) in [6, 6.07) is 14.6. The molecule has 0 bridgehead atoms. The van der Waals surface area contributed by atoms with Crippen LogP contribution in [0.4, 0.5) is 0 Å². The summed E-state index contributed by atoms with van der Waals surface area (Å²) in [5, 5.41) is 0. The van der Waals surface area contributed by atoms with Gasteiger partial charge in [-0.2, -0.15) is 0 Å². The van der Waals surface area contributed by atoms with Crippen LogP contribution in [0.15, 0.2) is 42.5 Å². The first-order valence-corrected chi connectivity index (χ1v) is 5.91. The minimum Gasteiger partial charge on any atom is -0.489 e. The molecule has 0 aromatic heterocycles. The molecule has 88 valence electrons. The molecule has 1 nitrogen and oxygen atoms in total. The summed E-state index contributed by atoms with van der Waals surface area (Å²) < 4.78 is 5.88. The summed E-state index contributed by atoms with van der Waals surface area (Å²) in [6.45, 7) is 6.91. The van der Waals surface area contributed by atoms with Gasteiger partial charge in [0, 0.05) is 0 Å². The zero-order chi connectivity index (χ0) is 12.3. The highest BCUT2D eigenvalue weighted by Gasteiger charge is 2.02. The lowest BCUT2D eigenvalue weighted by molar-refractivity contribution is 0.303. The number of rotatable bonds is 3. The maximum absolute atomic E-state index is 5.88. The zero-order valence-corrected chi connectivity index (χ0v) is 10.7. The van der Waals surface area contributed by atoms with Crippen LogP contribution in [-0.4, -0.2) is 0 Å². The van der Waals surface area contributed by atoms with Gasteiger partial charge in [0.25, 0.3) is 0 Å². The molecular formula is C16H18O. The number of aryl methyl sites for hydroxylation is 3. The lowest BCUT2D eigenvalue weighted by atomic mass is 10.1. The van der Waals surface area contributed by atoms with Gasteiger partial charge in [-0.1, -0.05) is 36.4 Å². The molecule has 0 aliphatic heterocycles. The Labute approximate surface area is 103 Å². The van der Waals surface area contributed by atoms with Gasteiger partial charge in [-0.15, -0.1) is 0 Å². The van der Waals surface area contributed by atoms with Gasteiger partial charge < -0.3 is 4.74 Å². The van der Waals surface area contributed by atoms with Gasteiger partial charge in [-0.3, -0.25) is 0 Å². The summed E-state index contributed by atoms with van der Waals surface area (Å²) in [5.74, 6) is 0.980. The van der Waals surface area contributed by atoms with Crippen LogP contribution in [0.1, 0.15) is 22.3 Å². The first-order chi connectivity index (χ1) is 8.16. The van der Waals surface area contributed by atoms with Crippen molar-refractivity contribution in [2.24, 2.45) is 0 Å². The maximum atomic E-state index is 5.88. The van der Waals surface area contributed by atoms with E-state index in [0.717, 1.165) is 5.75 Å². The maximum Gasteiger partial charge on any atom is 0.122 e. The van der Waals surface area contributed by atoms with Gasteiger partial charge in [0.1, 0.15) is 12.4 Å². The van der Waals surface area contributed by atoms with E-state index in [-0.39, 0.29) is 0 Å². The molecule has 17 heavy (non-hydrogen) atoms. The van der Waals surface area contributed by atoms with Crippen LogP contribution >= 0.6 is 0 Å². The van der Waals surface area contributed by atoms with Crippen molar-refractivity contribution in [2.45, 2.75) is 27.4 Å². The fraction of sp³-hybridized carbons (Fsp3) is 0.250. The molecule has 0 N–H and O–H groups in total. The quantitative estimate of drug-likeness (QED) is 0.762. The lowest BCUT2D eigenvalue weighted by Gasteiger charge is -2.11.